The van der Waals surface area contributed by atoms with Gasteiger partial charge in [0.2, 0.25) is 0 Å². The van der Waals surface area contributed by atoms with Crippen molar-refractivity contribution in [3.63, 3.8) is 0 Å². The minimum Gasteiger partial charge on any atom is -0.389 e. The van der Waals surface area contributed by atoms with Gasteiger partial charge in [-0.1, -0.05) is 0 Å². The summed E-state index contributed by atoms with van der Waals surface area (Å²) in [6, 6.07) is 1.37. The zero-order valence-corrected chi connectivity index (χ0v) is 9.48. The summed E-state index contributed by atoms with van der Waals surface area (Å²) in [4.78, 5) is 2.36. The number of nitrogens with one attached hydrogen (secondary N) is 1. The molecular weight excluding hydrogens is 192 g/mol. The molecule has 2 aliphatic heterocycles. The van der Waals surface area contributed by atoms with Crippen LogP contribution in [0.3, 0.4) is 0 Å². The van der Waals surface area contributed by atoms with Gasteiger partial charge in [0.25, 0.3) is 0 Å². The van der Waals surface area contributed by atoms with Crippen molar-refractivity contribution in [1.82, 2.24) is 10.2 Å². The number of hydrogen-bond acceptors (Lipinski definition) is 4. The molecule has 88 valence electrons. The number of aliphatic hydroxyl groups is 1. The Labute approximate surface area is 91.6 Å². The minimum absolute atomic E-state index is 0.341. The van der Waals surface area contributed by atoms with Crippen LogP contribution in [0.15, 0.2) is 0 Å². The Hall–Kier alpha value is -0.160. The van der Waals surface area contributed by atoms with Crippen LogP contribution in [-0.2, 0) is 4.74 Å². The SMILES string of the molecule is COCC(O)CN1CCC2CCC(C1)N2. The van der Waals surface area contributed by atoms with E-state index in [0.717, 1.165) is 25.7 Å². The Kier molecular flexibility index (Phi) is 3.97. The molecule has 4 heteroatoms. The van der Waals surface area contributed by atoms with Crippen molar-refractivity contribution in [2.75, 3.05) is 33.4 Å². The van der Waals surface area contributed by atoms with Gasteiger partial charge in [-0.15, -0.1) is 0 Å². The van der Waals surface area contributed by atoms with E-state index in [2.05, 4.69) is 10.2 Å². The summed E-state index contributed by atoms with van der Waals surface area (Å²) < 4.78 is 4.95. The first kappa shape index (κ1) is 11.3. The van der Waals surface area contributed by atoms with Gasteiger partial charge < -0.3 is 15.2 Å². The van der Waals surface area contributed by atoms with Crippen molar-refractivity contribution < 1.29 is 9.84 Å². The number of nitrogens with zero attached hydrogens (tertiary/aromatic N) is 1. The van der Waals surface area contributed by atoms with Gasteiger partial charge in [-0.3, -0.25) is 4.90 Å². The fourth-order valence-electron chi connectivity index (χ4n) is 2.72. The molecule has 2 saturated heterocycles. The first-order chi connectivity index (χ1) is 7.28. The Balaban J connectivity index is 1.78. The maximum Gasteiger partial charge on any atom is 0.0900 e. The summed E-state index contributed by atoms with van der Waals surface area (Å²) >= 11 is 0. The van der Waals surface area contributed by atoms with E-state index >= 15 is 0 Å². The molecule has 0 aliphatic carbocycles. The highest BCUT2D eigenvalue weighted by Crippen LogP contribution is 2.20. The van der Waals surface area contributed by atoms with Gasteiger partial charge in [0.15, 0.2) is 0 Å². The number of ether oxygens (including phenoxy) is 1. The van der Waals surface area contributed by atoms with Crippen molar-refractivity contribution >= 4 is 0 Å². The molecule has 2 aliphatic rings. The second kappa shape index (κ2) is 5.25. The average Bonchev–Trinajstić information content (AvgIpc) is 2.51. The van der Waals surface area contributed by atoms with E-state index in [1.54, 1.807) is 7.11 Å². The van der Waals surface area contributed by atoms with Gasteiger partial charge in [0.1, 0.15) is 0 Å². The normalized spacial score (nSPS) is 34.0. The van der Waals surface area contributed by atoms with Crippen molar-refractivity contribution in [2.45, 2.75) is 37.5 Å². The molecular formula is C11H22N2O2. The molecule has 0 amide bonds. The summed E-state index contributed by atoms with van der Waals surface area (Å²) in [5.41, 5.74) is 0. The molecule has 2 rings (SSSR count). The van der Waals surface area contributed by atoms with E-state index < -0.39 is 0 Å². The van der Waals surface area contributed by atoms with E-state index in [1.807, 2.05) is 0 Å². The molecule has 2 heterocycles. The van der Waals surface area contributed by atoms with Gasteiger partial charge in [0.05, 0.1) is 12.7 Å². The maximum absolute atomic E-state index is 9.68. The third-order valence-corrected chi connectivity index (χ3v) is 3.44. The maximum atomic E-state index is 9.68. The van der Waals surface area contributed by atoms with Crippen LogP contribution in [0.2, 0.25) is 0 Å². The largest absolute Gasteiger partial charge is 0.389 e. The lowest BCUT2D eigenvalue weighted by Crippen LogP contribution is -2.40. The summed E-state index contributed by atoms with van der Waals surface area (Å²) in [7, 11) is 1.63. The number of fused-ring (bicyclic) bond motifs is 2. The molecule has 3 atom stereocenters. The Bertz CT molecular complexity index is 201. The first-order valence-electron chi connectivity index (χ1n) is 5.93. The van der Waals surface area contributed by atoms with Crippen LogP contribution in [0.5, 0.6) is 0 Å². The van der Waals surface area contributed by atoms with Crippen LogP contribution < -0.4 is 5.32 Å². The van der Waals surface area contributed by atoms with Crippen LogP contribution in [-0.4, -0.2) is 61.5 Å². The summed E-state index contributed by atoms with van der Waals surface area (Å²) in [5.74, 6) is 0. The van der Waals surface area contributed by atoms with Crippen molar-refractivity contribution in [3.8, 4) is 0 Å². The summed E-state index contributed by atoms with van der Waals surface area (Å²) in [5, 5.41) is 13.3. The Morgan fingerprint density at radius 2 is 2.20 bits per heavy atom. The molecule has 0 radical (unpaired) electrons. The predicted octanol–water partition coefficient (Wildman–Crippen LogP) is -0.180. The number of rotatable bonds is 4. The van der Waals surface area contributed by atoms with Crippen LogP contribution in [0.25, 0.3) is 0 Å². The quantitative estimate of drug-likeness (QED) is 0.681. The number of aliphatic hydroxyl groups excluding tert-OH is 1. The highest BCUT2D eigenvalue weighted by atomic mass is 16.5. The first-order valence-corrected chi connectivity index (χ1v) is 5.93. The predicted molar refractivity (Wildman–Crippen MR) is 58.9 cm³/mol. The molecule has 0 aromatic rings. The fourth-order valence-corrected chi connectivity index (χ4v) is 2.72. The molecule has 0 saturated carbocycles. The summed E-state index contributed by atoms with van der Waals surface area (Å²) in [6.07, 6.45) is 3.50. The lowest BCUT2D eigenvalue weighted by molar-refractivity contribution is 0.0367. The third-order valence-electron chi connectivity index (χ3n) is 3.44. The number of methoxy groups -OCH3 is 1. The minimum atomic E-state index is -0.341. The number of β-amino-alcohol motifs (C(OH)–C–C–N with tert-alkyl or cyclic N) is 1. The Morgan fingerprint density at radius 3 is 3.00 bits per heavy atom. The fraction of sp³-hybridized carbons (Fsp3) is 1.00. The number of hydrogen-bond donors (Lipinski definition) is 2. The van der Waals surface area contributed by atoms with Gasteiger partial charge in [-0.25, -0.2) is 0 Å². The smallest absolute Gasteiger partial charge is 0.0900 e. The monoisotopic (exact) mass is 214 g/mol. The van der Waals surface area contributed by atoms with Crippen LogP contribution in [0, 0.1) is 0 Å². The average molecular weight is 214 g/mol. The molecule has 2 N–H and O–H groups in total. The molecule has 3 unspecified atom stereocenters. The molecule has 2 fully saturated rings. The molecule has 4 nitrogen and oxygen atoms in total. The van der Waals surface area contributed by atoms with Gasteiger partial charge in [-0.2, -0.15) is 0 Å². The van der Waals surface area contributed by atoms with E-state index in [4.69, 9.17) is 4.74 Å². The topological polar surface area (TPSA) is 44.7 Å². The van der Waals surface area contributed by atoms with E-state index in [9.17, 15) is 5.11 Å². The molecule has 0 aromatic carbocycles. The zero-order valence-electron chi connectivity index (χ0n) is 9.48. The van der Waals surface area contributed by atoms with Gasteiger partial charge in [0, 0.05) is 32.3 Å². The lowest BCUT2D eigenvalue weighted by atomic mass is 10.1. The van der Waals surface area contributed by atoms with E-state index in [1.165, 1.54) is 19.3 Å². The summed E-state index contributed by atoms with van der Waals surface area (Å²) in [6.45, 7) is 3.38. The third kappa shape index (κ3) is 3.14. The lowest BCUT2D eigenvalue weighted by Gasteiger charge is -2.26. The highest BCUT2D eigenvalue weighted by Gasteiger charge is 2.29. The van der Waals surface area contributed by atoms with Gasteiger partial charge >= 0.3 is 0 Å². The van der Waals surface area contributed by atoms with Crippen LogP contribution in [0.1, 0.15) is 19.3 Å². The van der Waals surface area contributed by atoms with Crippen molar-refractivity contribution in [3.05, 3.63) is 0 Å². The van der Waals surface area contributed by atoms with Crippen LogP contribution in [0.4, 0.5) is 0 Å². The zero-order chi connectivity index (χ0) is 10.7. The Morgan fingerprint density at radius 1 is 1.40 bits per heavy atom. The molecule has 0 aromatic heterocycles. The molecule has 15 heavy (non-hydrogen) atoms. The van der Waals surface area contributed by atoms with Crippen molar-refractivity contribution in [2.24, 2.45) is 0 Å². The molecule has 0 spiro atoms. The van der Waals surface area contributed by atoms with Crippen molar-refractivity contribution in [1.29, 1.82) is 0 Å². The highest BCUT2D eigenvalue weighted by molar-refractivity contribution is 4.89. The molecule has 2 bridgehead atoms. The standard InChI is InChI=1S/C11H22N2O2/c1-15-8-11(14)7-13-5-4-9-2-3-10(6-13)12-9/h9-12,14H,2-8H2,1H3. The second-order valence-corrected chi connectivity index (χ2v) is 4.80. The van der Waals surface area contributed by atoms with E-state index in [-0.39, 0.29) is 6.10 Å². The van der Waals surface area contributed by atoms with Gasteiger partial charge in [-0.05, 0) is 25.8 Å². The van der Waals surface area contributed by atoms with Crippen LogP contribution >= 0.6 is 0 Å². The number of likely N-dealkylation sites (tertiary alicyclic amines) is 1. The van der Waals surface area contributed by atoms with E-state index in [0.29, 0.717) is 12.6 Å². The second-order valence-electron chi connectivity index (χ2n) is 4.80.